The van der Waals surface area contributed by atoms with Gasteiger partial charge in [-0.15, -0.1) is 0 Å². The molecular formula is C23H31N3O2. The number of hydrogen-bond acceptors (Lipinski definition) is 3. The molecule has 1 aromatic rings. The van der Waals surface area contributed by atoms with Crippen molar-refractivity contribution in [3.05, 3.63) is 29.8 Å². The Labute approximate surface area is 167 Å². The Morgan fingerprint density at radius 3 is 2.39 bits per heavy atom. The Morgan fingerprint density at radius 1 is 1.00 bits per heavy atom. The molecule has 0 radical (unpaired) electrons. The van der Waals surface area contributed by atoms with Crippen molar-refractivity contribution in [2.24, 2.45) is 29.4 Å². The number of nitrogens with two attached hydrogens (primary N) is 1. The maximum Gasteiger partial charge on any atom is 0.232 e. The maximum absolute atomic E-state index is 13.2. The topological polar surface area (TPSA) is 75.4 Å². The van der Waals surface area contributed by atoms with Gasteiger partial charge in [-0.05, 0) is 67.9 Å². The first-order chi connectivity index (χ1) is 13.6. The number of rotatable bonds is 2. The summed E-state index contributed by atoms with van der Waals surface area (Å²) in [5.41, 5.74) is 8.49. The molecule has 0 aromatic heterocycles. The van der Waals surface area contributed by atoms with E-state index in [0.717, 1.165) is 50.0 Å². The van der Waals surface area contributed by atoms with Gasteiger partial charge in [-0.25, -0.2) is 0 Å². The first kappa shape index (κ1) is 18.2. The highest BCUT2D eigenvalue weighted by Gasteiger charge is 2.43. The van der Waals surface area contributed by atoms with Gasteiger partial charge in [-0.3, -0.25) is 9.59 Å². The first-order valence-corrected chi connectivity index (χ1v) is 11.1. The van der Waals surface area contributed by atoms with Gasteiger partial charge in [0, 0.05) is 30.7 Å². The van der Waals surface area contributed by atoms with Crippen LogP contribution in [0.25, 0.3) is 0 Å². The van der Waals surface area contributed by atoms with E-state index in [1.807, 2.05) is 18.2 Å². The summed E-state index contributed by atoms with van der Waals surface area (Å²) in [6, 6.07) is 8.34. The van der Waals surface area contributed by atoms with E-state index in [1.54, 1.807) is 0 Å². The minimum Gasteiger partial charge on any atom is -0.342 e. The molecule has 2 aliphatic carbocycles. The van der Waals surface area contributed by atoms with Crippen molar-refractivity contribution in [1.29, 1.82) is 0 Å². The van der Waals surface area contributed by atoms with Crippen LogP contribution >= 0.6 is 0 Å². The SMILES string of the molecule is NC1C2CCCC1CC(C(=O)N1CCC(C3C(=O)Nc4ccccc43)CC1)C2. The number of amides is 2. The number of fused-ring (bicyclic) bond motifs is 3. The fraction of sp³-hybridized carbons (Fsp3) is 0.652. The lowest BCUT2D eigenvalue weighted by Crippen LogP contribution is -2.51. The van der Waals surface area contributed by atoms with Gasteiger partial charge in [0.1, 0.15) is 0 Å². The lowest BCUT2D eigenvalue weighted by molar-refractivity contribution is -0.140. The van der Waals surface area contributed by atoms with Crippen molar-refractivity contribution in [1.82, 2.24) is 4.90 Å². The molecule has 4 aliphatic rings. The van der Waals surface area contributed by atoms with Crippen LogP contribution in [0, 0.1) is 23.7 Å². The zero-order valence-electron chi connectivity index (χ0n) is 16.5. The Kier molecular flexibility index (Phi) is 4.66. The Bertz CT molecular complexity index is 757. The minimum absolute atomic E-state index is 0.0551. The maximum atomic E-state index is 13.2. The number of nitrogens with one attached hydrogen (secondary N) is 1. The second-order valence-corrected chi connectivity index (χ2v) is 9.41. The molecule has 2 aliphatic heterocycles. The van der Waals surface area contributed by atoms with Crippen molar-refractivity contribution in [3.63, 3.8) is 0 Å². The van der Waals surface area contributed by atoms with E-state index in [2.05, 4.69) is 16.3 Å². The average Bonchev–Trinajstić information content (AvgIpc) is 3.03. The highest BCUT2D eigenvalue weighted by molar-refractivity contribution is 6.03. The van der Waals surface area contributed by atoms with Crippen molar-refractivity contribution in [3.8, 4) is 0 Å². The number of piperidine rings is 1. The largest absolute Gasteiger partial charge is 0.342 e. The van der Waals surface area contributed by atoms with Gasteiger partial charge in [0.15, 0.2) is 0 Å². The summed E-state index contributed by atoms with van der Waals surface area (Å²) < 4.78 is 0. The predicted molar refractivity (Wildman–Crippen MR) is 109 cm³/mol. The summed E-state index contributed by atoms with van der Waals surface area (Å²) in [6.07, 6.45) is 7.46. The van der Waals surface area contributed by atoms with Crippen LogP contribution in [0.15, 0.2) is 24.3 Å². The quantitative estimate of drug-likeness (QED) is 0.826. The second kappa shape index (κ2) is 7.18. The molecule has 2 amide bonds. The molecule has 2 heterocycles. The van der Waals surface area contributed by atoms with Gasteiger partial charge in [-0.1, -0.05) is 24.6 Å². The minimum atomic E-state index is -0.0551. The molecule has 0 spiro atoms. The number of hydrogen-bond donors (Lipinski definition) is 2. The molecule has 2 bridgehead atoms. The zero-order chi connectivity index (χ0) is 19.3. The molecule has 5 heteroatoms. The van der Waals surface area contributed by atoms with E-state index < -0.39 is 0 Å². The van der Waals surface area contributed by atoms with Crippen LogP contribution in [0.2, 0.25) is 0 Å². The molecule has 150 valence electrons. The highest BCUT2D eigenvalue weighted by Crippen LogP contribution is 2.44. The number of anilines is 1. The van der Waals surface area contributed by atoms with Crippen LogP contribution in [-0.4, -0.2) is 35.8 Å². The van der Waals surface area contributed by atoms with Crippen LogP contribution in [-0.2, 0) is 9.59 Å². The average molecular weight is 382 g/mol. The monoisotopic (exact) mass is 381 g/mol. The van der Waals surface area contributed by atoms with Crippen LogP contribution in [0.3, 0.4) is 0 Å². The van der Waals surface area contributed by atoms with Gasteiger partial charge in [0.25, 0.3) is 0 Å². The molecule has 5 nitrogen and oxygen atoms in total. The third kappa shape index (κ3) is 3.04. The highest BCUT2D eigenvalue weighted by atomic mass is 16.2. The van der Waals surface area contributed by atoms with Gasteiger partial charge in [0.2, 0.25) is 11.8 Å². The normalized spacial score (nSPS) is 35.4. The van der Waals surface area contributed by atoms with Crippen molar-refractivity contribution in [2.45, 2.75) is 56.9 Å². The zero-order valence-corrected chi connectivity index (χ0v) is 16.5. The fourth-order valence-electron chi connectivity index (χ4n) is 6.40. The Hall–Kier alpha value is -1.88. The van der Waals surface area contributed by atoms with Crippen LogP contribution in [0.5, 0.6) is 0 Å². The molecule has 1 saturated heterocycles. The van der Waals surface area contributed by atoms with Crippen molar-refractivity contribution >= 4 is 17.5 Å². The second-order valence-electron chi connectivity index (χ2n) is 9.41. The first-order valence-electron chi connectivity index (χ1n) is 11.1. The van der Waals surface area contributed by atoms with Crippen LogP contribution < -0.4 is 11.1 Å². The van der Waals surface area contributed by atoms with E-state index in [9.17, 15) is 9.59 Å². The summed E-state index contributed by atoms with van der Waals surface area (Å²) in [6.45, 7) is 1.57. The van der Waals surface area contributed by atoms with Gasteiger partial charge < -0.3 is 16.0 Å². The molecule has 3 N–H and O–H groups in total. The van der Waals surface area contributed by atoms with E-state index in [1.165, 1.54) is 19.3 Å². The van der Waals surface area contributed by atoms with E-state index in [-0.39, 0.29) is 17.7 Å². The third-order valence-electron chi connectivity index (χ3n) is 7.92. The fourth-order valence-corrected chi connectivity index (χ4v) is 6.40. The van der Waals surface area contributed by atoms with E-state index in [0.29, 0.717) is 29.7 Å². The number of nitrogens with zero attached hydrogens (tertiary/aromatic N) is 1. The number of carbonyl (C=O) groups is 2. The van der Waals surface area contributed by atoms with Crippen LogP contribution in [0.4, 0.5) is 5.69 Å². The molecule has 2 saturated carbocycles. The standard InChI is InChI=1S/C23H31N3O2/c24-21-15-4-3-5-16(21)13-17(12-15)23(28)26-10-8-14(9-11-26)20-18-6-1-2-7-19(18)25-22(20)27/h1-2,6-7,14-17,20-21H,3-5,8-13,24H2,(H,25,27). The number of benzene rings is 1. The molecular weight excluding hydrogens is 350 g/mol. The lowest BCUT2D eigenvalue weighted by Gasteiger charge is -2.45. The van der Waals surface area contributed by atoms with Crippen LogP contribution in [0.1, 0.15) is 56.4 Å². The third-order valence-corrected chi connectivity index (χ3v) is 7.92. The van der Waals surface area contributed by atoms with E-state index >= 15 is 0 Å². The summed E-state index contributed by atoms with van der Waals surface area (Å²) in [4.78, 5) is 27.8. The summed E-state index contributed by atoms with van der Waals surface area (Å²) in [5.74, 6) is 1.99. The van der Waals surface area contributed by atoms with Gasteiger partial charge >= 0.3 is 0 Å². The van der Waals surface area contributed by atoms with Crippen molar-refractivity contribution in [2.75, 3.05) is 18.4 Å². The summed E-state index contributed by atoms with van der Waals surface area (Å²) in [7, 11) is 0. The summed E-state index contributed by atoms with van der Waals surface area (Å²) >= 11 is 0. The smallest absolute Gasteiger partial charge is 0.232 e. The van der Waals surface area contributed by atoms with Crippen molar-refractivity contribution < 1.29 is 9.59 Å². The molecule has 3 atom stereocenters. The molecule has 28 heavy (non-hydrogen) atoms. The van der Waals surface area contributed by atoms with Gasteiger partial charge in [0.05, 0.1) is 5.92 Å². The molecule has 5 rings (SSSR count). The Morgan fingerprint density at radius 2 is 1.68 bits per heavy atom. The predicted octanol–water partition coefficient (Wildman–Crippen LogP) is 3.11. The van der Waals surface area contributed by atoms with E-state index in [4.69, 9.17) is 5.73 Å². The molecule has 1 aromatic carbocycles. The number of para-hydroxylation sites is 1. The molecule has 3 unspecified atom stereocenters. The number of likely N-dealkylation sites (tertiary alicyclic amines) is 1. The molecule has 3 fully saturated rings. The Balaban J connectivity index is 1.22. The summed E-state index contributed by atoms with van der Waals surface area (Å²) in [5, 5.41) is 3.03. The number of carbonyl (C=O) groups excluding carboxylic acids is 2. The van der Waals surface area contributed by atoms with Gasteiger partial charge in [-0.2, -0.15) is 0 Å². The lowest BCUT2D eigenvalue weighted by atomic mass is 9.65.